The number of ether oxygens (including phenoxy) is 3. The number of nitrogens with one attached hydrogen (secondary N) is 1. The Balaban J connectivity index is 2.54. The van der Waals surface area contributed by atoms with Gasteiger partial charge < -0.3 is 45.1 Å². The molecule has 1 aliphatic rings. The summed E-state index contributed by atoms with van der Waals surface area (Å²) in [6.07, 6.45) is 61.6. The number of unbranched alkanes of at least 4 members (excludes halogenated alkanes) is 36. The summed E-state index contributed by atoms with van der Waals surface area (Å²) in [7, 11) is 0. The van der Waals surface area contributed by atoms with Crippen molar-refractivity contribution in [2.45, 2.75) is 352 Å². The Kier molecular flexibility index (Phi) is 53.5. The van der Waals surface area contributed by atoms with Gasteiger partial charge in [-0.3, -0.25) is 9.59 Å². The van der Waals surface area contributed by atoms with Gasteiger partial charge in [-0.25, -0.2) is 0 Å². The summed E-state index contributed by atoms with van der Waals surface area (Å²) in [5.41, 5.74) is 0. The van der Waals surface area contributed by atoms with Crippen molar-refractivity contribution in [3.05, 3.63) is 60.8 Å². The van der Waals surface area contributed by atoms with Crippen LogP contribution in [0.15, 0.2) is 60.8 Å². The van der Waals surface area contributed by atoms with Crippen LogP contribution in [0.2, 0.25) is 0 Å². The molecule has 0 aliphatic carbocycles. The van der Waals surface area contributed by atoms with E-state index in [1.165, 1.54) is 205 Å². The largest absolute Gasteiger partial charge is 0.454 e. The van der Waals surface area contributed by atoms with Gasteiger partial charge in [-0.2, -0.15) is 0 Å². The van der Waals surface area contributed by atoms with Gasteiger partial charge in [0.1, 0.15) is 24.4 Å². The number of aliphatic hydroxyl groups excluding tert-OH is 5. The second kappa shape index (κ2) is 56.8. The lowest BCUT2D eigenvalue weighted by Gasteiger charge is -2.41. The molecule has 11 heteroatoms. The van der Waals surface area contributed by atoms with Gasteiger partial charge in [-0.15, -0.1) is 0 Å². The number of hydrogen-bond donors (Lipinski definition) is 6. The van der Waals surface area contributed by atoms with E-state index in [2.05, 4.69) is 62.5 Å². The summed E-state index contributed by atoms with van der Waals surface area (Å²) in [4.78, 5) is 26.5. The summed E-state index contributed by atoms with van der Waals surface area (Å²) in [6.45, 7) is 5.73. The molecule has 80 heavy (non-hydrogen) atoms. The van der Waals surface area contributed by atoms with Crippen molar-refractivity contribution in [3.63, 3.8) is 0 Å². The first-order chi connectivity index (χ1) is 39.2. The number of esters is 1. The molecule has 0 aromatic carbocycles. The third-order valence-electron chi connectivity index (χ3n) is 15.7. The summed E-state index contributed by atoms with van der Waals surface area (Å²) in [6, 6.07) is -1.05. The third kappa shape index (κ3) is 44.0. The van der Waals surface area contributed by atoms with Crippen molar-refractivity contribution in [3.8, 4) is 0 Å². The number of carbonyl (C=O) groups excluding carboxylic acids is 2. The highest BCUT2D eigenvalue weighted by molar-refractivity contribution is 5.81. The second-order valence-electron chi connectivity index (χ2n) is 23.2. The second-order valence-corrected chi connectivity index (χ2v) is 23.2. The zero-order valence-corrected chi connectivity index (χ0v) is 51.7. The van der Waals surface area contributed by atoms with E-state index in [0.717, 1.165) is 51.4 Å². The molecule has 0 aromatic rings. The molecule has 1 fully saturated rings. The number of aliphatic hydroxyl groups is 5. The van der Waals surface area contributed by atoms with Gasteiger partial charge >= 0.3 is 5.97 Å². The zero-order valence-electron chi connectivity index (χ0n) is 51.7. The first-order valence-electron chi connectivity index (χ1n) is 33.6. The van der Waals surface area contributed by atoms with Crippen molar-refractivity contribution < 1.29 is 49.3 Å². The van der Waals surface area contributed by atoms with Gasteiger partial charge in [0.25, 0.3) is 0 Å². The van der Waals surface area contributed by atoms with Crippen LogP contribution in [0.4, 0.5) is 0 Å². The molecule has 0 bridgehead atoms. The minimum atomic E-state index is -1.62. The first kappa shape index (κ1) is 75.4. The maximum absolute atomic E-state index is 13.4. The number of carbonyl (C=O) groups is 2. The van der Waals surface area contributed by atoms with E-state index in [1.807, 2.05) is 12.2 Å². The van der Waals surface area contributed by atoms with E-state index >= 15 is 0 Å². The Morgan fingerprint density at radius 3 is 1.30 bits per heavy atom. The number of rotatable bonds is 57. The molecule has 1 saturated heterocycles. The summed E-state index contributed by atoms with van der Waals surface area (Å²) in [5.74, 6) is -1.26. The van der Waals surface area contributed by atoms with Gasteiger partial charge in [0, 0.05) is 12.8 Å². The van der Waals surface area contributed by atoms with Gasteiger partial charge in [0.05, 0.1) is 25.4 Å². The molecule has 1 aliphatic heterocycles. The van der Waals surface area contributed by atoms with Crippen LogP contribution in [0, 0.1) is 0 Å². The van der Waals surface area contributed by atoms with E-state index in [0.29, 0.717) is 12.8 Å². The quantitative estimate of drug-likeness (QED) is 0.0195. The molecule has 6 N–H and O–H groups in total. The first-order valence-corrected chi connectivity index (χ1v) is 33.6. The topological polar surface area (TPSA) is 175 Å². The number of amides is 1. The maximum atomic E-state index is 13.4. The lowest BCUT2D eigenvalue weighted by atomic mass is 9.99. The maximum Gasteiger partial charge on any atom is 0.306 e. The Morgan fingerprint density at radius 2 is 0.863 bits per heavy atom. The fourth-order valence-corrected chi connectivity index (χ4v) is 10.3. The lowest BCUT2D eigenvalue weighted by Crippen LogP contribution is -2.61. The van der Waals surface area contributed by atoms with Crippen molar-refractivity contribution >= 4 is 11.9 Å². The molecular formula is C69H125NO10. The zero-order chi connectivity index (χ0) is 58.2. The molecule has 0 radical (unpaired) electrons. The molecule has 0 saturated carbocycles. The SMILES string of the molecule is CCCCC/C=C\C/C=C\CCCCCCCCCCCCCCCCCCCC(=O)OC1C(OCC(NC(=O)C(O)C/C=C/C/C=C\CCCCCCCC)C(O)/C=C/CCCCCCCCCCCC)OC(CO)C(O)C1O. The van der Waals surface area contributed by atoms with Crippen LogP contribution in [0.3, 0.4) is 0 Å². The van der Waals surface area contributed by atoms with Crippen LogP contribution >= 0.6 is 0 Å². The lowest BCUT2D eigenvalue weighted by molar-refractivity contribution is -0.305. The molecule has 466 valence electrons. The van der Waals surface area contributed by atoms with Crippen molar-refractivity contribution in [2.75, 3.05) is 13.2 Å². The molecule has 0 spiro atoms. The molecule has 11 nitrogen and oxygen atoms in total. The van der Waals surface area contributed by atoms with Crippen molar-refractivity contribution in [1.29, 1.82) is 0 Å². The van der Waals surface area contributed by atoms with E-state index < -0.39 is 67.4 Å². The van der Waals surface area contributed by atoms with E-state index in [4.69, 9.17) is 14.2 Å². The number of hydrogen-bond acceptors (Lipinski definition) is 10. The highest BCUT2D eigenvalue weighted by Crippen LogP contribution is 2.26. The third-order valence-corrected chi connectivity index (χ3v) is 15.7. The van der Waals surface area contributed by atoms with Crippen LogP contribution in [0.25, 0.3) is 0 Å². The van der Waals surface area contributed by atoms with Crippen LogP contribution < -0.4 is 5.32 Å². The summed E-state index contributed by atoms with van der Waals surface area (Å²) >= 11 is 0. The fraction of sp³-hybridized carbons (Fsp3) is 0.826. The highest BCUT2D eigenvalue weighted by Gasteiger charge is 2.47. The summed E-state index contributed by atoms with van der Waals surface area (Å²) in [5, 5.41) is 56.9. The fourth-order valence-electron chi connectivity index (χ4n) is 10.3. The van der Waals surface area contributed by atoms with Gasteiger partial charge in [0.15, 0.2) is 12.4 Å². The predicted molar refractivity (Wildman–Crippen MR) is 333 cm³/mol. The molecule has 1 heterocycles. The molecule has 8 unspecified atom stereocenters. The Hall–Kier alpha value is -2.64. The van der Waals surface area contributed by atoms with Crippen molar-refractivity contribution in [1.82, 2.24) is 5.32 Å². The van der Waals surface area contributed by atoms with E-state index in [-0.39, 0.29) is 19.4 Å². The molecular weight excluding hydrogens is 1000 g/mol. The normalized spacial score (nSPS) is 19.1. The predicted octanol–water partition coefficient (Wildman–Crippen LogP) is 16.6. The van der Waals surface area contributed by atoms with Crippen LogP contribution in [0.5, 0.6) is 0 Å². The molecule has 8 atom stereocenters. The monoisotopic (exact) mass is 1130 g/mol. The average molecular weight is 1130 g/mol. The standard InChI is InChI=1S/C69H125NO10/c1-4-7-10-13-16-19-22-25-26-27-28-29-30-31-32-33-34-35-36-37-38-39-42-45-48-51-54-57-64(74)80-67-66(76)65(75)63(58-71)79-69(67)78-59-60(61(72)55-52-49-46-43-40-23-20-17-14-11-8-5-2)70-68(77)62(73)56-53-50-47-44-41-24-21-18-15-12-9-6-3/h16,19,25-26,41,44,50,52-53,55,60-63,65-67,69,71-73,75-76H,4-15,17-18,20-24,27-40,42-43,45-49,51,54,56-59H2,1-3H3,(H,70,77)/b19-16-,26-25-,44-41-,53-50+,55-52+. The van der Waals surface area contributed by atoms with E-state index in [1.54, 1.807) is 12.2 Å². The minimum Gasteiger partial charge on any atom is -0.454 e. The minimum absolute atomic E-state index is 0.0825. The average Bonchev–Trinajstić information content (AvgIpc) is 3.46. The van der Waals surface area contributed by atoms with Crippen LogP contribution in [0.1, 0.15) is 303 Å². The summed E-state index contributed by atoms with van der Waals surface area (Å²) < 4.78 is 17.6. The van der Waals surface area contributed by atoms with Gasteiger partial charge in [-0.05, 0) is 70.6 Å². The Labute approximate surface area is 490 Å². The molecule has 0 aromatic heterocycles. The smallest absolute Gasteiger partial charge is 0.306 e. The van der Waals surface area contributed by atoms with Crippen molar-refractivity contribution in [2.24, 2.45) is 0 Å². The molecule has 1 amide bonds. The van der Waals surface area contributed by atoms with E-state index in [9.17, 15) is 35.1 Å². The van der Waals surface area contributed by atoms with Crippen LogP contribution in [-0.2, 0) is 23.8 Å². The highest BCUT2D eigenvalue weighted by atomic mass is 16.7. The Morgan fingerprint density at radius 1 is 0.487 bits per heavy atom. The van der Waals surface area contributed by atoms with Gasteiger partial charge in [-0.1, -0.05) is 281 Å². The van der Waals surface area contributed by atoms with Crippen LogP contribution in [-0.4, -0.2) is 99.6 Å². The van der Waals surface area contributed by atoms with Gasteiger partial charge in [0.2, 0.25) is 5.91 Å². The Bertz CT molecular complexity index is 1530. The molecule has 1 rings (SSSR count). The number of allylic oxidation sites excluding steroid dienone is 8.